The van der Waals surface area contributed by atoms with E-state index in [1.165, 1.54) is 69.6 Å². The largest absolute Gasteiger partial charge is 0.357 e. The lowest BCUT2D eigenvalue weighted by Crippen LogP contribution is -2.52. The van der Waals surface area contributed by atoms with Crippen LogP contribution >= 0.6 is 0 Å². The van der Waals surface area contributed by atoms with Crippen LogP contribution in [0, 0.1) is 17.6 Å². The molecule has 8 heterocycles. The van der Waals surface area contributed by atoms with E-state index < -0.39 is 35.0 Å². The molecule has 20 nitrogen and oxygen atoms in total. The number of fused-ring (bicyclic) bond motifs is 2. The molecular weight excluding hydrogens is 859 g/mol. The predicted molar refractivity (Wildman–Crippen MR) is 229 cm³/mol. The number of nitrogens with zero attached hydrogens (tertiary/aromatic N) is 12. The van der Waals surface area contributed by atoms with Crippen molar-refractivity contribution in [3.63, 3.8) is 0 Å². The molecule has 66 heavy (non-hydrogen) atoms. The normalized spacial score (nSPS) is 15.9. The number of piperazine rings is 2. The quantitative estimate of drug-likeness (QED) is 0.0660. The number of hydrogen-bond acceptors (Lipinski definition) is 11. The molecule has 0 aromatic carbocycles. The maximum absolute atomic E-state index is 15.3. The van der Waals surface area contributed by atoms with Crippen LogP contribution in [0.1, 0.15) is 84.9 Å². The van der Waals surface area contributed by atoms with Crippen molar-refractivity contribution < 1.29 is 42.2 Å². The van der Waals surface area contributed by atoms with E-state index in [2.05, 4.69) is 35.5 Å². The number of aromatic amines is 2. The van der Waals surface area contributed by atoms with Gasteiger partial charge in [-0.15, -0.1) is 9.78 Å². The number of amides is 4. The van der Waals surface area contributed by atoms with Crippen molar-refractivity contribution in [1.29, 1.82) is 0 Å². The van der Waals surface area contributed by atoms with Crippen molar-refractivity contribution in [2.75, 3.05) is 52.4 Å². The number of rotatable bonds is 15. The third-order valence-electron chi connectivity index (χ3n) is 13.0. The van der Waals surface area contributed by atoms with E-state index in [9.17, 15) is 33.2 Å². The predicted octanol–water partition coefficient (Wildman–Crippen LogP) is 2.71. The number of halogens is 2. The van der Waals surface area contributed by atoms with Gasteiger partial charge in [0.25, 0.3) is 29.2 Å². The smallest absolute Gasteiger partial charge is 0.295 e. The summed E-state index contributed by atoms with van der Waals surface area (Å²) >= 11 is 0. The van der Waals surface area contributed by atoms with Gasteiger partial charge in [-0.2, -0.15) is 0 Å². The van der Waals surface area contributed by atoms with E-state index in [1.54, 1.807) is 26.9 Å². The highest BCUT2D eigenvalue weighted by Gasteiger charge is 2.34. The Morgan fingerprint density at radius 2 is 1.18 bits per heavy atom. The lowest BCUT2D eigenvalue weighted by Gasteiger charge is -2.34. The van der Waals surface area contributed by atoms with Gasteiger partial charge < -0.3 is 29.6 Å². The van der Waals surface area contributed by atoms with Crippen molar-refractivity contribution in [1.82, 2.24) is 64.4 Å². The maximum atomic E-state index is 15.3. The van der Waals surface area contributed by atoms with Gasteiger partial charge in [-0.05, 0) is 31.6 Å². The fraction of sp³-hybridized carbons (Fsp3) is 0.455. The zero-order valence-electron chi connectivity index (χ0n) is 36.2. The number of aryl methyl sites for hydroxylation is 1. The summed E-state index contributed by atoms with van der Waals surface area (Å²) in [5.41, 5.74) is 0.169. The van der Waals surface area contributed by atoms with Gasteiger partial charge >= 0.3 is 0 Å². The Bertz CT molecular complexity index is 2800. The van der Waals surface area contributed by atoms with Gasteiger partial charge in [0.2, 0.25) is 11.8 Å². The Balaban J connectivity index is 0.721. The van der Waals surface area contributed by atoms with Gasteiger partial charge in [0.05, 0.1) is 57.4 Å². The summed E-state index contributed by atoms with van der Waals surface area (Å²) in [7, 11) is 0. The van der Waals surface area contributed by atoms with Crippen LogP contribution in [0.25, 0.3) is 33.4 Å². The monoisotopic (exact) mass is 907 g/mol. The number of carbonyl (C=O) groups excluding carboxylic acids is 6. The molecule has 0 bridgehead atoms. The number of Topliss-reactive ketones (excluding diaryl/α,β-unsaturated/α-hetero) is 2. The molecule has 2 N–H and O–H groups in total. The van der Waals surface area contributed by atoms with Crippen LogP contribution < -0.4 is 4.68 Å². The summed E-state index contributed by atoms with van der Waals surface area (Å²) in [4.78, 5) is 99.5. The molecule has 4 amide bonds. The van der Waals surface area contributed by atoms with E-state index in [0.717, 1.165) is 25.2 Å². The minimum Gasteiger partial charge on any atom is -0.357 e. The first-order chi connectivity index (χ1) is 32.0. The first kappa shape index (κ1) is 44.0. The summed E-state index contributed by atoms with van der Waals surface area (Å²) in [6.07, 6.45) is 19.4. The number of pyridine rings is 2. The first-order valence-electron chi connectivity index (χ1n) is 22.4. The van der Waals surface area contributed by atoms with Crippen LogP contribution in [-0.4, -0.2) is 152 Å². The molecule has 344 valence electrons. The molecule has 1 aliphatic carbocycles. The molecule has 6 aromatic rings. The third kappa shape index (κ3) is 8.90. The zero-order chi connectivity index (χ0) is 45.9. The average molecular weight is 908 g/mol. The van der Waals surface area contributed by atoms with E-state index >= 15 is 4.39 Å². The van der Waals surface area contributed by atoms with Gasteiger partial charge in [0.1, 0.15) is 12.1 Å². The molecule has 3 aliphatic rings. The number of nitrogens with one attached hydrogen (secondary N) is 2. The van der Waals surface area contributed by atoms with Crippen molar-refractivity contribution in [3.05, 3.63) is 72.3 Å². The van der Waals surface area contributed by atoms with Crippen LogP contribution in [0.15, 0.2) is 49.6 Å². The van der Waals surface area contributed by atoms with Crippen LogP contribution in [0.3, 0.4) is 0 Å². The number of ketones is 2. The number of carbonyl (C=O) groups is 6. The molecule has 1 saturated carbocycles. The van der Waals surface area contributed by atoms with Gasteiger partial charge in [-0.25, -0.2) is 23.4 Å². The Morgan fingerprint density at radius 3 is 1.73 bits per heavy atom. The fourth-order valence-electron chi connectivity index (χ4n) is 9.28. The molecular formula is C44H49F2N14O6+. The van der Waals surface area contributed by atoms with Gasteiger partial charge in [0, 0.05) is 77.6 Å². The highest BCUT2D eigenvalue weighted by atomic mass is 19.1. The zero-order valence-corrected chi connectivity index (χ0v) is 36.2. The average Bonchev–Trinajstić information content (AvgIpc) is 4.21. The molecule has 2 saturated heterocycles. The van der Waals surface area contributed by atoms with E-state index in [-0.39, 0.29) is 95.7 Å². The fourth-order valence-corrected chi connectivity index (χ4v) is 9.28. The van der Waals surface area contributed by atoms with Crippen LogP contribution in [-0.2, 0) is 25.7 Å². The third-order valence-corrected chi connectivity index (χ3v) is 13.0. The standard InChI is InChI=1S/C44H48F2N14O6/c45-31-26-49-41(59-13-11-51-52-59)37-35(31)29(24-47-37)39(63)43(65)56-18-14-54(15-19-56)33(61)8-2-1-5-12-58-22-23-60(53-58)42-38-36(32(46)27-50-42)30(25-48-38)40(64)44(66)57-20-16-55(17-21-57)34(62)10-9-28-6-3-4-7-28/h11,13,22-28H,1-10,12,14-21H2,(H-,47,48,49,50,53,63,64)/p+1. The highest BCUT2D eigenvalue weighted by Crippen LogP contribution is 2.30. The minimum absolute atomic E-state index is 0.0619. The molecule has 0 unspecified atom stereocenters. The lowest BCUT2D eigenvalue weighted by molar-refractivity contribution is -0.755. The molecule has 0 atom stereocenters. The van der Waals surface area contributed by atoms with Gasteiger partial charge in [-0.1, -0.05) is 35.6 Å². The maximum Gasteiger partial charge on any atom is 0.295 e. The van der Waals surface area contributed by atoms with E-state index in [4.69, 9.17) is 0 Å². The summed E-state index contributed by atoms with van der Waals surface area (Å²) in [6.45, 7) is 2.47. The Labute approximate surface area is 375 Å². The lowest BCUT2D eigenvalue weighted by atomic mass is 10.0. The number of unbranched alkanes of at least 4 members (excludes halogenated alkanes) is 2. The molecule has 0 spiro atoms. The number of hydrogen-bond donors (Lipinski definition) is 2. The topological polar surface area (TPSA) is 225 Å². The van der Waals surface area contributed by atoms with Crippen LogP contribution in [0.5, 0.6) is 0 Å². The van der Waals surface area contributed by atoms with E-state index in [0.29, 0.717) is 51.2 Å². The van der Waals surface area contributed by atoms with Crippen molar-refractivity contribution in [2.45, 2.75) is 70.8 Å². The highest BCUT2D eigenvalue weighted by molar-refractivity contribution is 6.45. The SMILES string of the molecule is O=C(C(=O)N1CCN(C(=O)CCCCC[n+]2ccn(-c3ncc(F)c4c(C(=O)C(=O)N5CCN(C(=O)CCC6CCCC6)CC5)c[nH]c34)n2)CC1)c1c[nH]c2c(-n3ccnn3)ncc(F)c12. The van der Waals surface area contributed by atoms with Crippen molar-refractivity contribution in [3.8, 4) is 11.6 Å². The molecule has 22 heteroatoms. The van der Waals surface area contributed by atoms with Crippen molar-refractivity contribution in [2.24, 2.45) is 5.92 Å². The van der Waals surface area contributed by atoms with Gasteiger partial charge in [-0.3, -0.25) is 28.8 Å². The second kappa shape index (κ2) is 19.1. The first-order valence-corrected chi connectivity index (χ1v) is 22.4. The minimum atomic E-state index is -0.875. The molecule has 0 radical (unpaired) electrons. The Morgan fingerprint density at radius 1 is 0.652 bits per heavy atom. The molecule has 6 aromatic heterocycles. The van der Waals surface area contributed by atoms with Crippen LogP contribution in [0.4, 0.5) is 8.78 Å². The van der Waals surface area contributed by atoms with Gasteiger partial charge in [0.15, 0.2) is 29.8 Å². The Hall–Kier alpha value is -7.26. The number of aromatic nitrogens is 10. The Kier molecular flexibility index (Phi) is 12.7. The number of H-pyrrole nitrogens is 2. The molecule has 9 rings (SSSR count). The second-order valence-corrected chi connectivity index (χ2v) is 17.0. The molecule has 3 fully saturated rings. The summed E-state index contributed by atoms with van der Waals surface area (Å²) in [5, 5.41) is 12.0. The van der Waals surface area contributed by atoms with Crippen LogP contribution in [0.2, 0.25) is 0 Å². The molecule has 2 aliphatic heterocycles. The van der Waals surface area contributed by atoms with E-state index in [1.807, 2.05) is 0 Å². The van der Waals surface area contributed by atoms with Crippen molar-refractivity contribution >= 4 is 57.0 Å². The summed E-state index contributed by atoms with van der Waals surface area (Å²) in [6, 6.07) is 0. The summed E-state index contributed by atoms with van der Waals surface area (Å²) < 4.78 is 34.7. The second-order valence-electron chi connectivity index (χ2n) is 17.0. The summed E-state index contributed by atoms with van der Waals surface area (Å²) in [5.74, 6) is -3.72.